The van der Waals surface area contributed by atoms with Gasteiger partial charge in [-0.2, -0.15) is 0 Å². The van der Waals surface area contributed by atoms with Crippen LogP contribution in [-0.2, 0) is 0 Å². The molecule has 1 rings (SSSR count). The first kappa shape index (κ1) is 16.1. The number of hydrogen-bond donors (Lipinski definition) is 1. The molecule has 1 N–H and O–H groups in total. The van der Waals surface area contributed by atoms with Crippen LogP contribution < -0.4 is 5.32 Å². The lowest BCUT2D eigenvalue weighted by Crippen LogP contribution is -1.90. The summed E-state index contributed by atoms with van der Waals surface area (Å²) in [5.41, 5.74) is 2.17. The highest BCUT2D eigenvalue weighted by atomic mass is 32.1. The van der Waals surface area contributed by atoms with Crippen molar-refractivity contribution in [3.05, 3.63) is 52.0 Å². The summed E-state index contributed by atoms with van der Waals surface area (Å²) in [6.07, 6.45) is 9.32. The van der Waals surface area contributed by atoms with E-state index in [1.807, 2.05) is 51.4 Å². The number of nitrogens with one attached hydrogen (secondary N) is 1. The number of nitrogens with zero attached hydrogens (tertiary/aromatic N) is 1. The van der Waals surface area contributed by atoms with E-state index < -0.39 is 0 Å². The topological polar surface area (TPSA) is 41.5 Å². The summed E-state index contributed by atoms with van der Waals surface area (Å²) in [4.78, 5) is 17.4. The minimum atomic E-state index is 0.109. The molecule has 0 aliphatic rings. The average molecular weight is 288 g/mol. The molecule has 0 saturated carbocycles. The Hall–Kier alpha value is -1.94. The molecule has 0 aliphatic carbocycles. The van der Waals surface area contributed by atoms with Crippen LogP contribution in [-0.4, -0.2) is 19.0 Å². The first-order chi connectivity index (χ1) is 9.54. The van der Waals surface area contributed by atoms with Gasteiger partial charge < -0.3 is 5.32 Å². The summed E-state index contributed by atoms with van der Waals surface area (Å²) in [7, 11) is 1.86. The minimum Gasteiger partial charge on any atom is -0.394 e. The summed E-state index contributed by atoms with van der Waals surface area (Å²) < 4.78 is 0. The van der Waals surface area contributed by atoms with Gasteiger partial charge in [0, 0.05) is 24.3 Å². The predicted molar refractivity (Wildman–Crippen MR) is 88.4 cm³/mol. The number of rotatable bonds is 6. The molecule has 0 aliphatic heterocycles. The van der Waals surface area contributed by atoms with Crippen LogP contribution in [0.2, 0.25) is 0 Å². The lowest BCUT2D eigenvalue weighted by atomic mass is 10.2. The second-order valence-electron chi connectivity index (χ2n) is 4.36. The molecular formula is C16H20N2OS. The third-order valence-corrected chi connectivity index (χ3v) is 3.86. The molecule has 1 heterocycles. The number of hydrogen-bond acceptors (Lipinski definition) is 4. The fourth-order valence-electron chi connectivity index (χ4n) is 1.39. The largest absolute Gasteiger partial charge is 0.394 e. The van der Waals surface area contributed by atoms with E-state index in [2.05, 4.69) is 10.3 Å². The molecule has 1 aromatic heterocycles. The van der Waals surface area contributed by atoms with Crippen LogP contribution in [0.25, 0.3) is 5.57 Å². The molecule has 20 heavy (non-hydrogen) atoms. The van der Waals surface area contributed by atoms with Crippen LogP contribution in [0.3, 0.4) is 0 Å². The second-order valence-corrected chi connectivity index (χ2v) is 5.45. The van der Waals surface area contributed by atoms with Crippen LogP contribution in [0.15, 0.2) is 47.3 Å². The minimum absolute atomic E-state index is 0.109. The highest BCUT2D eigenvalue weighted by Gasteiger charge is 2.04. The predicted octanol–water partition coefficient (Wildman–Crippen LogP) is 4.06. The Kier molecular flexibility index (Phi) is 6.67. The van der Waals surface area contributed by atoms with Gasteiger partial charge in [0.1, 0.15) is 0 Å². The summed E-state index contributed by atoms with van der Waals surface area (Å²) in [5, 5.41) is 2.93. The van der Waals surface area contributed by atoms with Gasteiger partial charge in [-0.05, 0) is 62.4 Å². The molecule has 0 saturated heterocycles. The molecule has 0 atom stereocenters. The van der Waals surface area contributed by atoms with Crippen LogP contribution in [0.5, 0.6) is 0 Å². The van der Waals surface area contributed by atoms with Crippen LogP contribution >= 0.6 is 11.3 Å². The number of ketones is 1. The van der Waals surface area contributed by atoms with Gasteiger partial charge in [-0.25, -0.2) is 0 Å². The maximum atomic E-state index is 11.2. The molecule has 0 bridgehead atoms. The quantitative estimate of drug-likeness (QED) is 0.487. The number of thiophene rings is 1. The number of Topliss-reactive ketones (excluding diaryl/α,β-unsaturated/α-hetero) is 1. The number of carbonyl (C=O) groups is 1. The average Bonchev–Trinajstić information content (AvgIpc) is 2.91. The monoisotopic (exact) mass is 288 g/mol. The highest BCUT2D eigenvalue weighted by molar-refractivity contribution is 7.15. The second kappa shape index (κ2) is 8.27. The Balaban J connectivity index is 2.69. The molecule has 4 heteroatoms. The van der Waals surface area contributed by atoms with Gasteiger partial charge >= 0.3 is 0 Å². The van der Waals surface area contributed by atoms with Gasteiger partial charge in [-0.15, -0.1) is 11.3 Å². The zero-order valence-electron chi connectivity index (χ0n) is 12.3. The third-order valence-electron chi connectivity index (χ3n) is 2.54. The smallest absolute Gasteiger partial charge is 0.169 e. The lowest BCUT2D eigenvalue weighted by molar-refractivity contribution is 0.102. The molecule has 1 aromatic rings. The van der Waals surface area contributed by atoms with E-state index in [0.717, 1.165) is 20.9 Å². The normalized spacial score (nSPS) is 13.4. The van der Waals surface area contributed by atoms with E-state index in [9.17, 15) is 4.79 Å². The summed E-state index contributed by atoms with van der Waals surface area (Å²) in [6.45, 7) is 5.59. The molecule has 0 spiro atoms. The maximum Gasteiger partial charge on any atom is 0.169 e. The van der Waals surface area contributed by atoms with E-state index in [0.29, 0.717) is 0 Å². The Morgan fingerprint density at radius 3 is 2.55 bits per heavy atom. The van der Waals surface area contributed by atoms with E-state index in [4.69, 9.17) is 0 Å². The van der Waals surface area contributed by atoms with Crippen molar-refractivity contribution in [1.29, 1.82) is 0 Å². The van der Waals surface area contributed by atoms with Gasteiger partial charge in [-0.3, -0.25) is 9.79 Å². The van der Waals surface area contributed by atoms with Crippen molar-refractivity contribution in [3.8, 4) is 0 Å². The third kappa shape index (κ3) is 5.36. The van der Waals surface area contributed by atoms with Crippen LogP contribution in [0.1, 0.15) is 35.3 Å². The Bertz CT molecular complexity index is 577. The van der Waals surface area contributed by atoms with E-state index in [1.165, 1.54) is 11.3 Å². The van der Waals surface area contributed by atoms with Gasteiger partial charge in [0.25, 0.3) is 0 Å². The number of aliphatic imine (C=N–C) groups is 1. The standard InChI is InChI=1S/C16H20N2OS/c1-12(7-9-17-4)11-18-10-8-13(2)15-5-6-16(20-15)14(3)19/h5-11,17H,1-4H3/b9-7-,12-11+,13-8+,18-10-. The van der Waals surface area contributed by atoms with Crippen molar-refractivity contribution in [2.24, 2.45) is 4.99 Å². The van der Waals surface area contributed by atoms with E-state index in [-0.39, 0.29) is 5.78 Å². The zero-order valence-corrected chi connectivity index (χ0v) is 13.1. The molecule has 0 aromatic carbocycles. The maximum absolute atomic E-state index is 11.2. The summed E-state index contributed by atoms with van der Waals surface area (Å²) in [5.74, 6) is 0.109. The lowest BCUT2D eigenvalue weighted by Gasteiger charge is -1.93. The van der Waals surface area contributed by atoms with Crippen molar-refractivity contribution < 1.29 is 4.79 Å². The van der Waals surface area contributed by atoms with Crippen molar-refractivity contribution in [2.45, 2.75) is 20.8 Å². The molecule has 0 fully saturated rings. The summed E-state index contributed by atoms with van der Waals surface area (Å²) in [6, 6.07) is 3.83. The molecular weight excluding hydrogens is 268 g/mol. The SMILES string of the molecule is CN\C=C/C(C)=C/N=C\C=C(/C)c1ccc(C(C)=O)s1. The van der Waals surface area contributed by atoms with Gasteiger partial charge in [0.2, 0.25) is 0 Å². The molecule has 106 valence electrons. The fraction of sp³-hybridized carbons (Fsp3) is 0.250. The van der Waals surface area contributed by atoms with Crippen LogP contribution in [0, 0.1) is 0 Å². The first-order valence-corrected chi connectivity index (χ1v) is 7.18. The Labute approximate surface area is 124 Å². The van der Waals surface area contributed by atoms with Crippen molar-refractivity contribution in [1.82, 2.24) is 5.32 Å². The molecule has 3 nitrogen and oxygen atoms in total. The van der Waals surface area contributed by atoms with Crippen molar-refractivity contribution in [2.75, 3.05) is 7.05 Å². The number of allylic oxidation sites excluding steroid dienone is 4. The zero-order chi connectivity index (χ0) is 15.0. The highest BCUT2D eigenvalue weighted by Crippen LogP contribution is 2.23. The van der Waals surface area contributed by atoms with Crippen molar-refractivity contribution >= 4 is 28.9 Å². The first-order valence-electron chi connectivity index (χ1n) is 6.36. The number of carbonyl (C=O) groups excluding carboxylic acids is 1. The van der Waals surface area contributed by atoms with Crippen molar-refractivity contribution in [3.63, 3.8) is 0 Å². The molecule has 0 radical (unpaired) electrons. The van der Waals surface area contributed by atoms with E-state index >= 15 is 0 Å². The van der Waals surface area contributed by atoms with Gasteiger partial charge in [0.05, 0.1) is 4.88 Å². The molecule has 0 amide bonds. The Morgan fingerprint density at radius 2 is 1.95 bits per heavy atom. The fourth-order valence-corrected chi connectivity index (χ4v) is 2.28. The van der Waals surface area contributed by atoms with Gasteiger partial charge in [0.15, 0.2) is 5.78 Å². The Morgan fingerprint density at radius 1 is 1.25 bits per heavy atom. The van der Waals surface area contributed by atoms with Gasteiger partial charge in [-0.1, -0.05) is 0 Å². The van der Waals surface area contributed by atoms with Crippen LogP contribution in [0.4, 0.5) is 0 Å². The molecule has 0 unspecified atom stereocenters. The summed E-state index contributed by atoms with van der Waals surface area (Å²) >= 11 is 1.51. The van der Waals surface area contributed by atoms with E-state index in [1.54, 1.807) is 19.3 Å².